The quantitative estimate of drug-likeness (QED) is 0.674. The molecule has 10 saturated heterocycles. The molecule has 0 aliphatic carbocycles. The van der Waals surface area contributed by atoms with Crippen molar-refractivity contribution in [3.05, 3.63) is 0 Å². The van der Waals surface area contributed by atoms with Crippen LogP contribution in [0.3, 0.4) is 0 Å². The van der Waals surface area contributed by atoms with Crippen LogP contribution in [0.4, 0.5) is 0 Å². The van der Waals surface area contributed by atoms with Crippen molar-refractivity contribution >= 4 is 5.78 Å². The summed E-state index contributed by atoms with van der Waals surface area (Å²) in [6.45, 7) is 3.65. The van der Waals surface area contributed by atoms with Gasteiger partial charge in [0.05, 0.1) is 0 Å². The van der Waals surface area contributed by atoms with Crippen molar-refractivity contribution < 1.29 is 11.3 Å². The van der Waals surface area contributed by atoms with Gasteiger partial charge in [0, 0.05) is 0 Å². The fraction of sp³-hybridized carbons (Fsp3) is 0.938. The van der Waals surface area contributed by atoms with Gasteiger partial charge in [-0.1, -0.05) is 0 Å². The van der Waals surface area contributed by atoms with Crippen molar-refractivity contribution in [1.82, 2.24) is 0 Å². The van der Waals surface area contributed by atoms with E-state index in [4.69, 9.17) is 0 Å². The van der Waals surface area contributed by atoms with Gasteiger partial charge in [-0.05, 0) is 0 Å². The van der Waals surface area contributed by atoms with Crippen molar-refractivity contribution in [2.24, 2.45) is 0 Å². The summed E-state index contributed by atoms with van der Waals surface area (Å²) in [7, 11) is 0. The topological polar surface area (TPSA) is 17.1 Å². The first-order valence-corrected chi connectivity index (χ1v) is 14.2. The van der Waals surface area contributed by atoms with Crippen LogP contribution in [0.15, 0.2) is 0 Å². The molecule has 10 rings (SSSR count). The second kappa shape index (κ2) is 0.566. The van der Waals surface area contributed by atoms with Crippen LogP contribution < -0.4 is 0 Å². The first-order valence-electron chi connectivity index (χ1n) is 8.11. The maximum absolute atomic E-state index is 12.9. The Hall–Kier alpha value is 0.189. The van der Waals surface area contributed by atoms with E-state index < -0.39 is 6.51 Å². The average Bonchev–Trinajstić information content (AvgIpc) is 3.30. The van der Waals surface area contributed by atoms with Gasteiger partial charge in [0.25, 0.3) is 0 Å². The predicted molar refractivity (Wildman–Crippen MR) is 65.6 cm³/mol. The van der Waals surface area contributed by atoms with E-state index in [1.165, 1.54) is 41.7 Å². The van der Waals surface area contributed by atoms with E-state index in [1.807, 2.05) is 6.92 Å². The monoisotopic (exact) mass is 284 g/mol. The Morgan fingerprint density at radius 2 is 1.67 bits per heavy atom. The van der Waals surface area contributed by atoms with Gasteiger partial charge in [-0.3, -0.25) is 0 Å². The van der Waals surface area contributed by atoms with Crippen molar-refractivity contribution in [2.45, 2.75) is 80.3 Å². The standard InChI is InChI=1S/C9H11O.C7H9.Fe/c1-3-8-5-4-6-9(8)7(2)10;1-2-7-5-3-4-6-7;/h4-6H,3H2,1-2H3;3-6H,2H2,1H3;. The molecule has 9 atom stereocenters. The fourth-order valence-corrected chi connectivity index (χ4v) is 103. The van der Waals surface area contributed by atoms with Crippen LogP contribution in [0, 0.1) is 0 Å². The van der Waals surface area contributed by atoms with E-state index in [0.717, 1.165) is 19.2 Å². The number of carbonyl (C=O) groups is 1. The Kier molecular flexibility index (Phi) is 0.229. The molecule has 1 spiro atoms. The number of ketones is 1. The molecule has 10 fully saturated rings. The van der Waals surface area contributed by atoms with Gasteiger partial charge in [0.1, 0.15) is 0 Å². The molecule has 10 aliphatic heterocycles. The van der Waals surface area contributed by atoms with E-state index in [0.29, 0.717) is 4.31 Å². The predicted octanol–water partition coefficient (Wildman–Crippen LogP) is 4.90. The second-order valence-electron chi connectivity index (χ2n) is 11.4. The molecule has 9 unspecified atom stereocenters. The van der Waals surface area contributed by atoms with Gasteiger partial charge < -0.3 is 0 Å². The number of fused-ring (bicyclic) bond motifs is 10. The fourth-order valence-electron chi connectivity index (χ4n) is 20.9. The number of hydrogen-bond acceptors (Lipinski definition) is 1. The van der Waals surface area contributed by atoms with Gasteiger partial charge in [-0.25, -0.2) is 0 Å². The minimum atomic E-state index is -3.38. The molecule has 10 aliphatic rings. The van der Waals surface area contributed by atoms with Gasteiger partial charge in [0.15, 0.2) is 0 Å². The summed E-state index contributed by atoms with van der Waals surface area (Å²) in [6.07, 6.45) is 2.93. The van der Waals surface area contributed by atoms with Crippen LogP contribution in [0.1, 0.15) is 33.6 Å². The van der Waals surface area contributed by atoms with Crippen LogP contribution in [0.25, 0.3) is 0 Å². The van der Waals surface area contributed by atoms with Crippen LogP contribution in [0.2, 0.25) is 46.7 Å². The summed E-state index contributed by atoms with van der Waals surface area (Å²) >= 11 is 0. The van der Waals surface area contributed by atoms with E-state index in [1.54, 1.807) is 0 Å². The number of Topliss-reactive ketones (excluding diaryl/α,β-unsaturated/α-hetero) is 1. The molecule has 0 N–H and O–H groups in total. The maximum atomic E-state index is 12.9. The van der Waals surface area contributed by atoms with Gasteiger partial charge >= 0.3 is 97.4 Å². The Morgan fingerprint density at radius 3 is 1.94 bits per heavy atom. The summed E-state index contributed by atoms with van der Waals surface area (Å²) in [4.78, 5) is 21.6. The number of carbonyl (C=O) groups excluding carboxylic acids is 1. The Balaban J connectivity index is 1.75. The molecule has 0 aromatic rings. The van der Waals surface area contributed by atoms with Gasteiger partial charge in [-0.2, -0.15) is 0 Å². The van der Waals surface area contributed by atoms with Crippen LogP contribution in [-0.4, -0.2) is 5.78 Å². The normalized spacial score (nSPS) is 121. The zero-order chi connectivity index (χ0) is 11.8. The molecule has 0 aromatic carbocycles. The first-order chi connectivity index (χ1) is 8.39. The Bertz CT molecular complexity index is 1110. The number of rotatable bonds is 3. The van der Waals surface area contributed by atoms with Crippen molar-refractivity contribution in [3.8, 4) is 0 Å². The molecule has 0 radical (unpaired) electrons. The molecule has 10 heterocycles. The van der Waals surface area contributed by atoms with Gasteiger partial charge in [0.2, 0.25) is 0 Å². The molecular weight excluding hydrogens is 264 g/mol. The molecule has 0 saturated carbocycles. The van der Waals surface area contributed by atoms with E-state index in [-0.39, 0.29) is 0 Å². The third kappa shape index (κ3) is 0.0587. The molecule has 0 amide bonds. The third-order valence-corrected chi connectivity index (χ3v) is 62.0. The molecule has 18 heavy (non-hydrogen) atoms. The second-order valence-corrected chi connectivity index (χ2v) is 34.5. The summed E-state index contributed by atoms with van der Waals surface area (Å²) in [5.41, 5.74) is 0. The zero-order valence-electron chi connectivity index (χ0n) is 11.2. The molecule has 0 bridgehead atoms. The van der Waals surface area contributed by atoms with Crippen molar-refractivity contribution in [3.63, 3.8) is 0 Å². The molecule has 2 heteroatoms. The van der Waals surface area contributed by atoms with Crippen molar-refractivity contribution in [1.29, 1.82) is 0 Å². The third-order valence-electron chi connectivity index (χ3n) is 17.2. The Morgan fingerprint density at radius 1 is 1.00 bits per heavy atom. The van der Waals surface area contributed by atoms with Gasteiger partial charge in [-0.15, -0.1) is 0 Å². The molecular formula is C16H20FeO. The molecule has 98 valence electrons. The molecule has 1 nitrogen and oxygen atoms in total. The van der Waals surface area contributed by atoms with E-state index >= 15 is 0 Å². The van der Waals surface area contributed by atoms with E-state index in [2.05, 4.69) is 13.8 Å². The van der Waals surface area contributed by atoms with Crippen molar-refractivity contribution in [2.75, 3.05) is 0 Å². The summed E-state index contributed by atoms with van der Waals surface area (Å²) < 4.78 is 2.15. The SMILES string of the molecule is CC[C]12[CH]3[CH]4[CH]5[CH]1[Fe]45321678[CH]2[CH]1[C]6(CC)[C]7(C(C)=O)[CH]28. The van der Waals surface area contributed by atoms with E-state index in [9.17, 15) is 4.79 Å². The molecule has 0 aromatic heterocycles. The first kappa shape index (κ1) is 7.27. The summed E-state index contributed by atoms with van der Waals surface area (Å²) in [5, 5.41) is 0. The Labute approximate surface area is 97.4 Å². The van der Waals surface area contributed by atoms with Crippen LogP contribution in [-0.2, 0) is 11.3 Å². The zero-order valence-corrected chi connectivity index (χ0v) is 12.3. The summed E-state index contributed by atoms with van der Waals surface area (Å²) in [6, 6.07) is 0. The van der Waals surface area contributed by atoms with Crippen LogP contribution >= 0.6 is 0 Å². The number of hydrogen-bond donors (Lipinski definition) is 0. The van der Waals surface area contributed by atoms with Crippen LogP contribution in [0.5, 0.6) is 0 Å². The average molecular weight is 284 g/mol. The minimum absolute atomic E-state index is 0.464. The summed E-state index contributed by atoms with van der Waals surface area (Å²) in [5.74, 6) is 0.735.